The largest absolute Gasteiger partial charge is 0.449 e. The fraction of sp³-hybridized carbons (Fsp3) is 0.545. The van der Waals surface area contributed by atoms with E-state index in [1.54, 1.807) is 18.4 Å². The van der Waals surface area contributed by atoms with E-state index < -0.39 is 0 Å². The van der Waals surface area contributed by atoms with Gasteiger partial charge in [-0.1, -0.05) is 6.92 Å². The smallest absolute Gasteiger partial charge is 0.324 e. The molecular formula is C11H17N3O2. The van der Waals surface area contributed by atoms with E-state index in [0.29, 0.717) is 5.88 Å². The molecule has 2 rings (SSSR count). The van der Waals surface area contributed by atoms with Crippen molar-refractivity contribution in [1.82, 2.24) is 9.80 Å². The highest BCUT2D eigenvalue weighted by atomic mass is 16.3. The van der Waals surface area contributed by atoms with Gasteiger partial charge >= 0.3 is 6.03 Å². The highest BCUT2D eigenvalue weighted by molar-refractivity contribution is 5.87. The van der Waals surface area contributed by atoms with Crippen LogP contribution in [0.25, 0.3) is 0 Å². The van der Waals surface area contributed by atoms with Crippen LogP contribution in [0, 0.1) is 0 Å². The highest BCUT2D eigenvalue weighted by Gasteiger charge is 2.20. The van der Waals surface area contributed by atoms with E-state index in [2.05, 4.69) is 17.1 Å². The Morgan fingerprint density at radius 1 is 1.44 bits per heavy atom. The SMILES string of the molecule is CCN1CCN(C(=O)Nc2ccco2)CC1. The van der Waals surface area contributed by atoms with E-state index in [-0.39, 0.29) is 6.03 Å². The summed E-state index contributed by atoms with van der Waals surface area (Å²) < 4.78 is 5.07. The number of amides is 2. The fourth-order valence-corrected chi connectivity index (χ4v) is 1.80. The van der Waals surface area contributed by atoms with Crippen molar-refractivity contribution in [2.75, 3.05) is 38.0 Å². The molecule has 0 saturated carbocycles. The molecule has 0 radical (unpaired) electrons. The van der Waals surface area contributed by atoms with Gasteiger partial charge in [-0.15, -0.1) is 0 Å². The summed E-state index contributed by atoms with van der Waals surface area (Å²) in [5.41, 5.74) is 0. The number of anilines is 1. The molecule has 0 atom stereocenters. The van der Waals surface area contributed by atoms with Crippen LogP contribution in [0.15, 0.2) is 22.8 Å². The van der Waals surface area contributed by atoms with Crippen LogP contribution in [-0.2, 0) is 0 Å². The second-order valence-electron chi connectivity index (χ2n) is 3.83. The topological polar surface area (TPSA) is 48.7 Å². The molecule has 5 nitrogen and oxygen atoms in total. The second kappa shape index (κ2) is 5.03. The minimum atomic E-state index is -0.0781. The molecule has 1 N–H and O–H groups in total. The summed E-state index contributed by atoms with van der Waals surface area (Å²) in [6.07, 6.45) is 1.55. The highest BCUT2D eigenvalue weighted by Crippen LogP contribution is 2.09. The molecular weight excluding hydrogens is 206 g/mol. The zero-order chi connectivity index (χ0) is 11.4. The maximum absolute atomic E-state index is 11.8. The Bertz CT molecular complexity index is 329. The molecule has 1 aromatic rings. The molecule has 0 unspecified atom stereocenters. The van der Waals surface area contributed by atoms with Crippen molar-refractivity contribution in [3.63, 3.8) is 0 Å². The summed E-state index contributed by atoms with van der Waals surface area (Å²) in [6.45, 7) is 6.64. The van der Waals surface area contributed by atoms with Gasteiger partial charge in [0.2, 0.25) is 5.88 Å². The molecule has 1 saturated heterocycles. The number of rotatable bonds is 2. The number of hydrogen-bond donors (Lipinski definition) is 1. The lowest BCUT2D eigenvalue weighted by Gasteiger charge is -2.33. The molecule has 0 spiro atoms. The number of hydrogen-bond acceptors (Lipinski definition) is 3. The molecule has 2 amide bonds. The van der Waals surface area contributed by atoms with E-state index in [4.69, 9.17) is 4.42 Å². The van der Waals surface area contributed by atoms with Gasteiger partial charge in [-0.25, -0.2) is 4.79 Å². The number of nitrogens with zero attached hydrogens (tertiary/aromatic N) is 2. The van der Waals surface area contributed by atoms with Crippen LogP contribution in [0.3, 0.4) is 0 Å². The Morgan fingerprint density at radius 3 is 2.75 bits per heavy atom. The van der Waals surface area contributed by atoms with Gasteiger partial charge in [0, 0.05) is 32.2 Å². The van der Waals surface area contributed by atoms with E-state index in [9.17, 15) is 4.79 Å². The van der Waals surface area contributed by atoms with Crippen molar-refractivity contribution < 1.29 is 9.21 Å². The van der Waals surface area contributed by atoms with Crippen LogP contribution in [0.5, 0.6) is 0 Å². The van der Waals surface area contributed by atoms with Crippen molar-refractivity contribution in [3.8, 4) is 0 Å². The van der Waals surface area contributed by atoms with Gasteiger partial charge in [0.15, 0.2) is 0 Å². The van der Waals surface area contributed by atoms with Gasteiger partial charge in [-0.3, -0.25) is 5.32 Å². The van der Waals surface area contributed by atoms with E-state index in [1.165, 1.54) is 0 Å². The summed E-state index contributed by atoms with van der Waals surface area (Å²) in [6, 6.07) is 3.41. The Kier molecular flexibility index (Phi) is 3.46. The third-order valence-corrected chi connectivity index (χ3v) is 2.86. The predicted octanol–water partition coefficient (Wildman–Crippen LogP) is 1.45. The quantitative estimate of drug-likeness (QED) is 0.825. The first kappa shape index (κ1) is 11.0. The monoisotopic (exact) mass is 223 g/mol. The molecule has 0 aliphatic carbocycles. The third-order valence-electron chi connectivity index (χ3n) is 2.86. The first-order valence-corrected chi connectivity index (χ1v) is 5.61. The molecule has 1 aliphatic rings. The molecule has 5 heteroatoms. The summed E-state index contributed by atoms with van der Waals surface area (Å²) in [5, 5.41) is 2.73. The lowest BCUT2D eigenvalue weighted by Crippen LogP contribution is -2.49. The number of carbonyl (C=O) groups excluding carboxylic acids is 1. The first-order valence-electron chi connectivity index (χ1n) is 5.61. The Morgan fingerprint density at radius 2 is 2.19 bits per heavy atom. The molecule has 16 heavy (non-hydrogen) atoms. The first-order chi connectivity index (χ1) is 7.79. The van der Waals surface area contributed by atoms with Gasteiger partial charge in [0.1, 0.15) is 0 Å². The summed E-state index contributed by atoms with van der Waals surface area (Å²) in [5.74, 6) is 0.503. The lowest BCUT2D eigenvalue weighted by molar-refractivity contribution is 0.151. The minimum absolute atomic E-state index is 0.0781. The molecule has 0 aromatic carbocycles. The summed E-state index contributed by atoms with van der Waals surface area (Å²) in [4.78, 5) is 15.9. The predicted molar refractivity (Wildman–Crippen MR) is 61.4 cm³/mol. The Hall–Kier alpha value is -1.49. The Balaban J connectivity index is 1.82. The van der Waals surface area contributed by atoms with Crippen LogP contribution < -0.4 is 5.32 Å². The second-order valence-corrected chi connectivity index (χ2v) is 3.83. The van der Waals surface area contributed by atoms with E-state index in [0.717, 1.165) is 32.7 Å². The Labute approximate surface area is 95.0 Å². The van der Waals surface area contributed by atoms with E-state index in [1.807, 2.05) is 4.90 Å². The number of urea groups is 1. The van der Waals surface area contributed by atoms with Crippen LogP contribution in [-0.4, -0.2) is 48.6 Å². The van der Waals surface area contributed by atoms with Crippen LogP contribution in [0.2, 0.25) is 0 Å². The third kappa shape index (κ3) is 2.55. The number of carbonyl (C=O) groups is 1. The van der Waals surface area contributed by atoms with Gasteiger partial charge in [0.05, 0.1) is 6.26 Å². The lowest BCUT2D eigenvalue weighted by atomic mass is 10.3. The molecule has 88 valence electrons. The normalized spacial score (nSPS) is 17.4. The summed E-state index contributed by atoms with van der Waals surface area (Å²) in [7, 11) is 0. The zero-order valence-corrected chi connectivity index (χ0v) is 9.48. The number of piperazine rings is 1. The molecule has 2 heterocycles. The molecule has 1 aliphatic heterocycles. The van der Waals surface area contributed by atoms with Crippen molar-refractivity contribution >= 4 is 11.9 Å². The van der Waals surface area contributed by atoms with Crippen LogP contribution >= 0.6 is 0 Å². The number of nitrogens with one attached hydrogen (secondary N) is 1. The molecule has 1 fully saturated rings. The van der Waals surface area contributed by atoms with Crippen LogP contribution in [0.1, 0.15) is 6.92 Å². The van der Waals surface area contributed by atoms with Gasteiger partial charge in [-0.2, -0.15) is 0 Å². The standard InChI is InChI=1S/C11H17N3O2/c1-2-13-5-7-14(8-6-13)11(15)12-10-4-3-9-16-10/h3-4,9H,2,5-8H2,1H3,(H,12,15). The van der Waals surface area contributed by atoms with Gasteiger partial charge < -0.3 is 14.2 Å². The van der Waals surface area contributed by atoms with Gasteiger partial charge in [-0.05, 0) is 12.6 Å². The maximum Gasteiger partial charge on any atom is 0.324 e. The summed E-state index contributed by atoms with van der Waals surface area (Å²) >= 11 is 0. The molecule has 0 bridgehead atoms. The van der Waals surface area contributed by atoms with E-state index >= 15 is 0 Å². The number of likely N-dealkylation sites (N-methyl/N-ethyl adjacent to an activating group) is 1. The van der Waals surface area contributed by atoms with Crippen molar-refractivity contribution in [2.45, 2.75) is 6.92 Å². The number of furan rings is 1. The maximum atomic E-state index is 11.8. The van der Waals surface area contributed by atoms with Crippen molar-refractivity contribution in [2.24, 2.45) is 0 Å². The minimum Gasteiger partial charge on any atom is -0.449 e. The fourth-order valence-electron chi connectivity index (χ4n) is 1.80. The van der Waals surface area contributed by atoms with Crippen LogP contribution in [0.4, 0.5) is 10.7 Å². The zero-order valence-electron chi connectivity index (χ0n) is 9.48. The van der Waals surface area contributed by atoms with Gasteiger partial charge in [0.25, 0.3) is 0 Å². The van der Waals surface area contributed by atoms with Crippen molar-refractivity contribution in [1.29, 1.82) is 0 Å². The average molecular weight is 223 g/mol. The van der Waals surface area contributed by atoms with Crippen molar-refractivity contribution in [3.05, 3.63) is 18.4 Å². The molecule has 1 aromatic heterocycles. The average Bonchev–Trinajstić information content (AvgIpc) is 2.82.